The Balaban J connectivity index is 1.90. The summed E-state index contributed by atoms with van der Waals surface area (Å²) in [5, 5.41) is 4.58. The van der Waals surface area contributed by atoms with Gasteiger partial charge in [-0.05, 0) is 26.0 Å². The van der Waals surface area contributed by atoms with Crippen molar-refractivity contribution in [2.75, 3.05) is 6.54 Å². The van der Waals surface area contributed by atoms with Crippen molar-refractivity contribution < 1.29 is 4.74 Å². The monoisotopic (exact) mass is 322 g/mol. The van der Waals surface area contributed by atoms with Gasteiger partial charge >= 0.3 is 0 Å². The molecule has 0 saturated heterocycles. The minimum atomic E-state index is -0.0212. The molecule has 3 nitrogen and oxygen atoms in total. The lowest BCUT2D eigenvalue weighted by Crippen LogP contribution is -2.29. The highest BCUT2D eigenvalue weighted by molar-refractivity contribution is 7.15. The molecule has 1 N–H and O–H groups in total. The van der Waals surface area contributed by atoms with E-state index in [2.05, 4.69) is 42.3 Å². The molecule has 0 spiro atoms. The second kappa shape index (κ2) is 6.34. The molecule has 2 unspecified atom stereocenters. The fourth-order valence-electron chi connectivity index (χ4n) is 2.67. The molecule has 0 fully saturated rings. The zero-order valence-corrected chi connectivity index (χ0v) is 13.8. The van der Waals surface area contributed by atoms with Gasteiger partial charge in [-0.25, -0.2) is 4.98 Å². The third-order valence-electron chi connectivity index (χ3n) is 3.67. The topological polar surface area (TPSA) is 34.2 Å². The van der Waals surface area contributed by atoms with E-state index in [-0.39, 0.29) is 6.10 Å². The molecule has 5 heteroatoms. The van der Waals surface area contributed by atoms with Gasteiger partial charge in [-0.3, -0.25) is 0 Å². The molecule has 0 bridgehead atoms. The van der Waals surface area contributed by atoms with Crippen molar-refractivity contribution in [2.45, 2.75) is 38.8 Å². The molecule has 0 amide bonds. The highest BCUT2D eigenvalue weighted by Crippen LogP contribution is 2.42. The first-order valence-electron chi connectivity index (χ1n) is 7.29. The molecule has 2 atom stereocenters. The van der Waals surface area contributed by atoms with Crippen LogP contribution in [0.5, 0.6) is 5.75 Å². The fraction of sp³-hybridized carbons (Fsp3) is 0.438. The zero-order chi connectivity index (χ0) is 14.8. The SMILES string of the molecule is CCCNC1CC(c2ncc(Cl)s2)Oc2ccc(C)cc21. The Hall–Kier alpha value is -1.10. The molecule has 1 aromatic heterocycles. The van der Waals surface area contributed by atoms with E-state index in [0.717, 1.165) is 30.1 Å². The highest BCUT2D eigenvalue weighted by atomic mass is 35.5. The molecule has 2 aromatic rings. The molecule has 3 rings (SSSR count). The zero-order valence-electron chi connectivity index (χ0n) is 12.2. The Bertz CT molecular complexity index is 628. The number of hydrogen-bond donors (Lipinski definition) is 1. The summed E-state index contributed by atoms with van der Waals surface area (Å²) in [5.41, 5.74) is 2.51. The van der Waals surface area contributed by atoms with E-state index in [1.54, 1.807) is 6.20 Å². The van der Waals surface area contributed by atoms with Crippen molar-refractivity contribution in [3.63, 3.8) is 0 Å². The average Bonchev–Trinajstić information content (AvgIpc) is 2.91. The van der Waals surface area contributed by atoms with E-state index in [9.17, 15) is 0 Å². The Kier molecular flexibility index (Phi) is 4.48. The summed E-state index contributed by atoms with van der Waals surface area (Å²) in [6.07, 6.45) is 3.68. The second-order valence-corrected chi connectivity index (χ2v) is 7.09. The number of thiazole rings is 1. The van der Waals surface area contributed by atoms with Crippen molar-refractivity contribution in [3.8, 4) is 5.75 Å². The number of hydrogen-bond acceptors (Lipinski definition) is 4. The quantitative estimate of drug-likeness (QED) is 0.888. The van der Waals surface area contributed by atoms with Gasteiger partial charge in [0.15, 0.2) is 6.10 Å². The van der Waals surface area contributed by atoms with Crippen LogP contribution in [0.15, 0.2) is 24.4 Å². The van der Waals surface area contributed by atoms with Crippen LogP contribution in [0.1, 0.15) is 48.0 Å². The number of nitrogens with one attached hydrogen (secondary N) is 1. The van der Waals surface area contributed by atoms with Gasteiger partial charge < -0.3 is 10.1 Å². The van der Waals surface area contributed by atoms with Crippen LogP contribution >= 0.6 is 22.9 Å². The molecule has 1 aliphatic rings. The predicted molar refractivity (Wildman–Crippen MR) is 87.3 cm³/mol. The van der Waals surface area contributed by atoms with Gasteiger partial charge in [-0.1, -0.05) is 36.2 Å². The first-order chi connectivity index (χ1) is 10.2. The van der Waals surface area contributed by atoms with Gasteiger partial charge in [0.25, 0.3) is 0 Å². The summed E-state index contributed by atoms with van der Waals surface area (Å²) in [6, 6.07) is 6.68. The fourth-order valence-corrected chi connectivity index (χ4v) is 3.64. The number of fused-ring (bicyclic) bond motifs is 1. The summed E-state index contributed by atoms with van der Waals surface area (Å²) in [4.78, 5) is 4.38. The minimum Gasteiger partial charge on any atom is -0.483 e. The first-order valence-corrected chi connectivity index (χ1v) is 8.48. The smallest absolute Gasteiger partial charge is 0.152 e. The van der Waals surface area contributed by atoms with Gasteiger partial charge in [-0.15, -0.1) is 11.3 Å². The Morgan fingerprint density at radius 1 is 1.48 bits per heavy atom. The minimum absolute atomic E-state index is 0.0212. The number of halogens is 1. The Morgan fingerprint density at radius 3 is 3.05 bits per heavy atom. The average molecular weight is 323 g/mol. The van der Waals surface area contributed by atoms with Crippen molar-refractivity contribution in [1.29, 1.82) is 0 Å². The standard InChI is InChI=1S/C16H19ClN2OS/c1-3-6-18-12-8-14(16-19-9-15(17)21-16)20-13-5-4-10(2)7-11(12)13/h4-5,7,9,12,14,18H,3,6,8H2,1-2H3. The third-order valence-corrected chi connectivity index (χ3v) is 4.88. The van der Waals surface area contributed by atoms with Crippen LogP contribution in [0.3, 0.4) is 0 Å². The van der Waals surface area contributed by atoms with E-state index < -0.39 is 0 Å². The van der Waals surface area contributed by atoms with E-state index in [1.165, 1.54) is 22.5 Å². The Morgan fingerprint density at radius 2 is 2.33 bits per heavy atom. The van der Waals surface area contributed by atoms with Crippen molar-refractivity contribution in [3.05, 3.63) is 44.9 Å². The van der Waals surface area contributed by atoms with Crippen LogP contribution in [0.25, 0.3) is 0 Å². The number of aromatic nitrogens is 1. The third kappa shape index (κ3) is 3.23. The van der Waals surface area contributed by atoms with Gasteiger partial charge in [0.05, 0.1) is 6.20 Å². The predicted octanol–water partition coefficient (Wildman–Crippen LogP) is 4.67. The summed E-state index contributed by atoms with van der Waals surface area (Å²) >= 11 is 7.50. The molecule has 112 valence electrons. The van der Waals surface area contributed by atoms with Gasteiger partial charge in [0, 0.05) is 18.0 Å². The molecular weight excluding hydrogens is 304 g/mol. The largest absolute Gasteiger partial charge is 0.483 e. The number of benzene rings is 1. The number of nitrogens with zero attached hydrogens (tertiary/aromatic N) is 1. The molecule has 21 heavy (non-hydrogen) atoms. The lowest BCUT2D eigenvalue weighted by atomic mass is 9.95. The molecular formula is C16H19ClN2OS. The first kappa shape index (κ1) is 14.8. The Labute approximate surface area is 134 Å². The van der Waals surface area contributed by atoms with Crippen molar-refractivity contribution >= 4 is 22.9 Å². The second-order valence-electron chi connectivity index (χ2n) is 5.39. The van der Waals surface area contributed by atoms with Crippen LogP contribution in [0, 0.1) is 6.92 Å². The van der Waals surface area contributed by atoms with Crippen molar-refractivity contribution in [1.82, 2.24) is 10.3 Å². The summed E-state index contributed by atoms with van der Waals surface area (Å²) in [5.74, 6) is 0.955. The number of rotatable bonds is 4. The summed E-state index contributed by atoms with van der Waals surface area (Å²) < 4.78 is 6.86. The normalized spacial score (nSPS) is 20.9. The van der Waals surface area contributed by atoms with Crippen LogP contribution in [-0.4, -0.2) is 11.5 Å². The van der Waals surface area contributed by atoms with Crippen LogP contribution < -0.4 is 10.1 Å². The molecule has 1 aromatic carbocycles. The molecule has 0 aliphatic carbocycles. The van der Waals surface area contributed by atoms with Gasteiger partial charge in [-0.2, -0.15) is 0 Å². The highest BCUT2D eigenvalue weighted by Gasteiger charge is 2.30. The van der Waals surface area contributed by atoms with Gasteiger partial charge in [0.1, 0.15) is 15.1 Å². The van der Waals surface area contributed by atoms with E-state index in [4.69, 9.17) is 16.3 Å². The van der Waals surface area contributed by atoms with Crippen LogP contribution in [-0.2, 0) is 0 Å². The van der Waals surface area contributed by atoms with E-state index >= 15 is 0 Å². The van der Waals surface area contributed by atoms with E-state index in [1.807, 2.05) is 0 Å². The van der Waals surface area contributed by atoms with E-state index in [0.29, 0.717) is 10.4 Å². The maximum Gasteiger partial charge on any atom is 0.152 e. The summed E-state index contributed by atoms with van der Waals surface area (Å²) in [7, 11) is 0. The molecule has 1 aliphatic heterocycles. The molecule has 2 heterocycles. The lowest BCUT2D eigenvalue weighted by molar-refractivity contribution is 0.151. The lowest BCUT2D eigenvalue weighted by Gasteiger charge is -2.32. The van der Waals surface area contributed by atoms with Crippen LogP contribution in [0.2, 0.25) is 4.34 Å². The molecule has 0 radical (unpaired) electrons. The van der Waals surface area contributed by atoms with Gasteiger partial charge in [0.2, 0.25) is 0 Å². The van der Waals surface area contributed by atoms with Crippen molar-refractivity contribution in [2.24, 2.45) is 0 Å². The number of aryl methyl sites for hydroxylation is 1. The number of ether oxygens (including phenoxy) is 1. The molecule has 0 saturated carbocycles. The maximum absolute atomic E-state index is 6.15. The summed E-state index contributed by atoms with van der Waals surface area (Å²) in [6.45, 7) is 5.30. The van der Waals surface area contributed by atoms with Crippen LogP contribution in [0.4, 0.5) is 0 Å². The maximum atomic E-state index is 6.15.